The molecule has 0 atom stereocenters. The number of hydrogen-bond donors (Lipinski definition) is 0. The van der Waals surface area contributed by atoms with Crippen molar-refractivity contribution in [2.24, 2.45) is 5.10 Å². The van der Waals surface area contributed by atoms with Gasteiger partial charge in [-0.2, -0.15) is 5.10 Å². The molecule has 0 saturated heterocycles. The number of halogens is 1. The zero-order valence-corrected chi connectivity index (χ0v) is 12.7. The molecule has 2 aromatic carbocycles. The summed E-state index contributed by atoms with van der Waals surface area (Å²) < 4.78 is 12.9. The van der Waals surface area contributed by atoms with Crippen LogP contribution in [0.5, 0.6) is 0 Å². The maximum absolute atomic E-state index is 12.9. The summed E-state index contributed by atoms with van der Waals surface area (Å²) in [5, 5.41) is 5.88. The van der Waals surface area contributed by atoms with Gasteiger partial charge in [0.05, 0.1) is 12.3 Å². The minimum Gasteiger partial charge on any atom is -0.273 e. The topological polar surface area (TPSA) is 32.7 Å². The smallest absolute Gasteiger partial charge is 0.243 e. The molecule has 1 amide bonds. The molecule has 0 aliphatic carbocycles. The summed E-state index contributed by atoms with van der Waals surface area (Å²) in [6.45, 7) is 0.363. The van der Waals surface area contributed by atoms with Gasteiger partial charge in [0, 0.05) is 12.8 Å². The maximum Gasteiger partial charge on any atom is 0.243 e. The molecule has 0 spiro atoms. The second-order valence-electron chi connectivity index (χ2n) is 5.41. The van der Waals surface area contributed by atoms with Crippen LogP contribution in [0.3, 0.4) is 0 Å². The van der Waals surface area contributed by atoms with Gasteiger partial charge < -0.3 is 0 Å². The molecule has 116 valence electrons. The molecule has 0 fully saturated rings. The summed E-state index contributed by atoms with van der Waals surface area (Å²) in [6, 6.07) is 16.1. The van der Waals surface area contributed by atoms with Crippen LogP contribution in [-0.4, -0.2) is 16.6 Å². The molecule has 1 aliphatic rings. The Morgan fingerprint density at radius 2 is 1.74 bits per heavy atom. The minimum atomic E-state index is -0.284. The molecule has 4 heteroatoms. The van der Waals surface area contributed by atoms with E-state index < -0.39 is 0 Å². The highest BCUT2D eigenvalue weighted by Crippen LogP contribution is 2.15. The Bertz CT molecular complexity index is 736. The van der Waals surface area contributed by atoms with Gasteiger partial charge >= 0.3 is 0 Å². The predicted octanol–water partition coefficient (Wildman–Crippen LogP) is 4.02. The molecule has 0 unspecified atom stereocenters. The Kier molecular flexibility index (Phi) is 4.62. The first kappa shape index (κ1) is 15.2. The van der Waals surface area contributed by atoms with Gasteiger partial charge in [-0.15, -0.1) is 0 Å². The Morgan fingerprint density at radius 3 is 2.48 bits per heavy atom. The normalized spacial score (nSPS) is 15.1. The van der Waals surface area contributed by atoms with Crippen LogP contribution in [0.25, 0.3) is 6.08 Å². The lowest BCUT2D eigenvalue weighted by Gasteiger charge is -2.22. The number of carbonyl (C=O) groups excluding carboxylic acids is 1. The van der Waals surface area contributed by atoms with Crippen molar-refractivity contribution < 1.29 is 9.18 Å². The Labute approximate surface area is 134 Å². The molecular weight excluding hydrogens is 291 g/mol. The highest BCUT2D eigenvalue weighted by Gasteiger charge is 2.19. The van der Waals surface area contributed by atoms with E-state index in [0.29, 0.717) is 19.4 Å². The van der Waals surface area contributed by atoms with Crippen molar-refractivity contribution in [3.05, 3.63) is 77.6 Å². The van der Waals surface area contributed by atoms with E-state index in [4.69, 9.17) is 0 Å². The maximum atomic E-state index is 12.9. The van der Waals surface area contributed by atoms with Gasteiger partial charge in [-0.05, 0) is 29.3 Å². The number of amides is 1. The third kappa shape index (κ3) is 4.13. The largest absolute Gasteiger partial charge is 0.273 e. The second-order valence-corrected chi connectivity index (χ2v) is 5.41. The third-order valence-electron chi connectivity index (χ3n) is 3.65. The molecule has 0 N–H and O–H groups in total. The van der Waals surface area contributed by atoms with Gasteiger partial charge in [-0.3, -0.25) is 4.79 Å². The Balaban J connectivity index is 1.73. The molecule has 0 aromatic heterocycles. The molecule has 0 radical (unpaired) electrons. The van der Waals surface area contributed by atoms with E-state index in [1.807, 2.05) is 42.5 Å². The summed E-state index contributed by atoms with van der Waals surface area (Å²) in [5.74, 6) is -0.292. The fourth-order valence-corrected chi connectivity index (χ4v) is 2.38. The number of hydrogen-bond acceptors (Lipinski definition) is 2. The summed E-state index contributed by atoms with van der Waals surface area (Å²) in [6.07, 6.45) is 5.02. The fraction of sp³-hybridized carbons (Fsp3) is 0.158. The third-order valence-corrected chi connectivity index (χ3v) is 3.65. The molecule has 23 heavy (non-hydrogen) atoms. The van der Waals surface area contributed by atoms with Crippen LogP contribution < -0.4 is 0 Å². The average Bonchev–Trinajstić information content (AvgIpc) is 2.58. The standard InChI is InChI=1S/C19H17FN2O/c20-17-9-6-16(7-10-17)14-22-19(23)13-12-18(21-22)11-8-15-4-2-1-3-5-15/h1-11H,12-14H2. The molecule has 1 aliphatic heterocycles. The zero-order valence-electron chi connectivity index (χ0n) is 12.7. The van der Waals surface area contributed by atoms with Crippen molar-refractivity contribution in [2.75, 3.05) is 0 Å². The van der Waals surface area contributed by atoms with Gasteiger partial charge in [-0.1, -0.05) is 48.5 Å². The van der Waals surface area contributed by atoms with Gasteiger partial charge in [0.2, 0.25) is 5.91 Å². The molecule has 0 saturated carbocycles. The van der Waals surface area contributed by atoms with Crippen molar-refractivity contribution in [2.45, 2.75) is 19.4 Å². The minimum absolute atomic E-state index is 0.00816. The summed E-state index contributed by atoms with van der Waals surface area (Å²) in [4.78, 5) is 12.0. The van der Waals surface area contributed by atoms with Crippen molar-refractivity contribution in [1.82, 2.24) is 5.01 Å². The van der Waals surface area contributed by atoms with Crippen molar-refractivity contribution in [3.8, 4) is 0 Å². The molecule has 0 bridgehead atoms. The van der Waals surface area contributed by atoms with Crippen molar-refractivity contribution >= 4 is 17.7 Å². The van der Waals surface area contributed by atoms with E-state index in [-0.39, 0.29) is 11.7 Å². The van der Waals surface area contributed by atoms with Crippen LogP contribution in [0, 0.1) is 5.82 Å². The average molecular weight is 308 g/mol. The number of carbonyl (C=O) groups is 1. The summed E-state index contributed by atoms with van der Waals surface area (Å²) >= 11 is 0. The monoisotopic (exact) mass is 308 g/mol. The van der Waals surface area contributed by atoms with Crippen molar-refractivity contribution in [1.29, 1.82) is 0 Å². The molecule has 3 rings (SSSR count). The fourth-order valence-electron chi connectivity index (χ4n) is 2.38. The van der Waals surface area contributed by atoms with E-state index in [1.165, 1.54) is 17.1 Å². The van der Waals surface area contributed by atoms with Gasteiger partial charge in [0.25, 0.3) is 0 Å². The van der Waals surface area contributed by atoms with Crippen LogP contribution in [-0.2, 0) is 11.3 Å². The van der Waals surface area contributed by atoms with Gasteiger partial charge in [0.1, 0.15) is 5.82 Å². The lowest BCUT2D eigenvalue weighted by Crippen LogP contribution is -2.30. The molecule has 3 nitrogen and oxygen atoms in total. The second kappa shape index (κ2) is 7.01. The summed E-state index contributed by atoms with van der Waals surface area (Å²) in [7, 11) is 0. The highest BCUT2D eigenvalue weighted by molar-refractivity contribution is 6.02. The molecule has 2 aromatic rings. The number of hydrazone groups is 1. The van der Waals surface area contributed by atoms with Gasteiger partial charge in [0.15, 0.2) is 0 Å². The van der Waals surface area contributed by atoms with Crippen LogP contribution in [0.4, 0.5) is 4.39 Å². The van der Waals surface area contributed by atoms with Crippen LogP contribution >= 0.6 is 0 Å². The van der Waals surface area contributed by atoms with E-state index in [1.54, 1.807) is 12.1 Å². The zero-order chi connectivity index (χ0) is 16.1. The first-order chi connectivity index (χ1) is 11.2. The first-order valence-electron chi connectivity index (χ1n) is 7.56. The Hall–Kier alpha value is -2.75. The predicted molar refractivity (Wildman–Crippen MR) is 89.1 cm³/mol. The van der Waals surface area contributed by atoms with Crippen LogP contribution in [0.2, 0.25) is 0 Å². The van der Waals surface area contributed by atoms with E-state index in [0.717, 1.165) is 16.8 Å². The van der Waals surface area contributed by atoms with E-state index in [9.17, 15) is 9.18 Å². The molecular formula is C19H17FN2O. The Morgan fingerprint density at radius 1 is 1.00 bits per heavy atom. The number of allylic oxidation sites excluding steroid dienone is 1. The van der Waals surface area contributed by atoms with E-state index in [2.05, 4.69) is 5.10 Å². The van der Waals surface area contributed by atoms with Crippen molar-refractivity contribution in [3.63, 3.8) is 0 Å². The van der Waals surface area contributed by atoms with Crippen LogP contribution in [0.1, 0.15) is 24.0 Å². The quantitative estimate of drug-likeness (QED) is 0.839. The SMILES string of the molecule is O=C1CCC(C=Cc2ccccc2)=NN1Cc1ccc(F)cc1. The van der Waals surface area contributed by atoms with E-state index >= 15 is 0 Å². The number of nitrogens with zero attached hydrogens (tertiary/aromatic N) is 2. The lowest BCUT2D eigenvalue weighted by molar-refractivity contribution is -0.132. The molecule has 1 heterocycles. The first-order valence-corrected chi connectivity index (χ1v) is 7.56. The summed E-state index contributed by atoms with van der Waals surface area (Å²) in [5.41, 5.74) is 2.82. The highest BCUT2D eigenvalue weighted by atomic mass is 19.1. The number of rotatable bonds is 4. The number of benzene rings is 2. The van der Waals surface area contributed by atoms with Gasteiger partial charge in [-0.25, -0.2) is 9.40 Å². The lowest BCUT2D eigenvalue weighted by atomic mass is 10.1. The van der Waals surface area contributed by atoms with Crippen LogP contribution in [0.15, 0.2) is 65.8 Å².